The number of carbonyl (C=O) groups is 1. The van der Waals surface area contributed by atoms with Crippen molar-refractivity contribution in [2.75, 3.05) is 40.3 Å². The number of rotatable bonds is 5. The van der Waals surface area contributed by atoms with Crippen LogP contribution in [-0.4, -0.2) is 61.8 Å². The zero-order valence-corrected chi connectivity index (χ0v) is 16.4. The average molecular weight is 354 g/mol. The molecule has 1 aromatic rings. The number of ether oxygens (including phenoxy) is 1. The maximum Gasteiger partial charge on any atom is 0.407 e. The fourth-order valence-corrected chi connectivity index (χ4v) is 4.30. The number of piperidine rings is 1. The predicted octanol–water partition coefficient (Wildman–Crippen LogP) is 3.13. The molecule has 0 aliphatic carbocycles. The van der Waals surface area contributed by atoms with Crippen LogP contribution in [0.25, 0.3) is 0 Å². The van der Waals surface area contributed by atoms with Crippen LogP contribution in [-0.2, 0) is 10.3 Å². The highest BCUT2D eigenvalue weighted by Gasteiger charge is 2.38. The van der Waals surface area contributed by atoms with Crippen LogP contribution in [0, 0.1) is 0 Å². The van der Waals surface area contributed by atoms with Crippen molar-refractivity contribution in [3.8, 4) is 0 Å². The zero-order chi connectivity index (χ0) is 17.8. The molecule has 24 heavy (non-hydrogen) atoms. The molecule has 1 aliphatic heterocycles. The van der Waals surface area contributed by atoms with Crippen LogP contribution in [0.15, 0.2) is 17.5 Å². The van der Waals surface area contributed by atoms with E-state index in [-0.39, 0.29) is 11.6 Å². The largest absolute Gasteiger partial charge is 0.444 e. The second-order valence-electron chi connectivity index (χ2n) is 7.67. The van der Waals surface area contributed by atoms with Crippen molar-refractivity contribution < 1.29 is 9.53 Å². The van der Waals surface area contributed by atoms with E-state index in [4.69, 9.17) is 4.74 Å². The van der Waals surface area contributed by atoms with E-state index in [1.165, 1.54) is 4.88 Å². The summed E-state index contributed by atoms with van der Waals surface area (Å²) in [4.78, 5) is 17.9. The lowest BCUT2D eigenvalue weighted by molar-refractivity contribution is 0.0470. The molecule has 0 bridgehead atoms. The van der Waals surface area contributed by atoms with Gasteiger partial charge in [0.05, 0.1) is 5.54 Å². The molecule has 0 atom stereocenters. The second kappa shape index (κ2) is 7.85. The van der Waals surface area contributed by atoms with Crippen molar-refractivity contribution in [1.82, 2.24) is 15.1 Å². The summed E-state index contributed by atoms with van der Waals surface area (Å²) in [7, 11) is 4.36. The molecule has 1 aliphatic rings. The molecule has 6 heteroatoms. The first kappa shape index (κ1) is 19.2. The van der Waals surface area contributed by atoms with E-state index in [0.717, 1.165) is 32.5 Å². The summed E-state index contributed by atoms with van der Waals surface area (Å²) in [5.74, 6) is 0. The van der Waals surface area contributed by atoms with Crippen molar-refractivity contribution in [3.05, 3.63) is 22.4 Å². The summed E-state index contributed by atoms with van der Waals surface area (Å²) in [5.41, 5.74) is -0.287. The topological polar surface area (TPSA) is 44.8 Å². The van der Waals surface area contributed by atoms with Gasteiger partial charge in [0.2, 0.25) is 0 Å². The van der Waals surface area contributed by atoms with Gasteiger partial charge in [-0.25, -0.2) is 4.79 Å². The summed E-state index contributed by atoms with van der Waals surface area (Å²) in [6, 6.07) is 4.40. The van der Waals surface area contributed by atoms with Gasteiger partial charge in [-0.1, -0.05) is 6.07 Å². The Morgan fingerprint density at radius 3 is 2.54 bits per heavy atom. The predicted molar refractivity (Wildman–Crippen MR) is 99.6 cm³/mol. The fourth-order valence-electron chi connectivity index (χ4n) is 3.23. The molecule has 0 unspecified atom stereocenters. The Morgan fingerprint density at radius 2 is 2.04 bits per heavy atom. The van der Waals surface area contributed by atoms with Gasteiger partial charge in [-0.3, -0.25) is 4.90 Å². The number of likely N-dealkylation sites (tertiary alicyclic amines) is 1. The highest BCUT2D eigenvalue weighted by molar-refractivity contribution is 7.10. The average Bonchev–Trinajstić information content (AvgIpc) is 3.00. The van der Waals surface area contributed by atoms with Crippen molar-refractivity contribution in [2.24, 2.45) is 0 Å². The number of thiophene rings is 1. The van der Waals surface area contributed by atoms with Crippen molar-refractivity contribution in [2.45, 2.75) is 44.8 Å². The minimum atomic E-state index is -0.443. The molecule has 1 N–H and O–H groups in total. The minimum absolute atomic E-state index is 0.156. The van der Waals surface area contributed by atoms with Crippen molar-refractivity contribution in [3.63, 3.8) is 0 Å². The third-order valence-electron chi connectivity index (χ3n) is 4.62. The van der Waals surface area contributed by atoms with Gasteiger partial charge in [-0.05, 0) is 59.2 Å². The van der Waals surface area contributed by atoms with Crippen LogP contribution in [0.3, 0.4) is 0 Å². The quantitative estimate of drug-likeness (QED) is 0.883. The van der Waals surface area contributed by atoms with Gasteiger partial charge in [0.25, 0.3) is 0 Å². The van der Waals surface area contributed by atoms with Crippen molar-refractivity contribution >= 4 is 17.4 Å². The van der Waals surface area contributed by atoms with Crippen LogP contribution in [0.1, 0.15) is 38.5 Å². The molecular weight excluding hydrogens is 322 g/mol. The first-order valence-corrected chi connectivity index (χ1v) is 9.51. The van der Waals surface area contributed by atoms with Crippen LogP contribution < -0.4 is 5.32 Å². The van der Waals surface area contributed by atoms with E-state index >= 15 is 0 Å². The number of nitrogens with zero attached hydrogens (tertiary/aromatic N) is 2. The standard InChI is InChI=1S/C18H31N3O2S/c1-17(2,3)23-16(22)19-10-13-21-11-8-18(9-12-21,20(4)5)15-7-6-14-24-15/h6-7,14H,8-13H2,1-5H3,(H,19,22). The Hall–Kier alpha value is -1.11. The molecule has 2 rings (SSSR count). The van der Waals surface area contributed by atoms with Crippen LogP contribution >= 0.6 is 11.3 Å². The Morgan fingerprint density at radius 1 is 1.38 bits per heavy atom. The molecule has 1 amide bonds. The van der Waals surface area contributed by atoms with E-state index in [1.807, 2.05) is 32.1 Å². The molecular formula is C18H31N3O2S. The van der Waals surface area contributed by atoms with Gasteiger partial charge < -0.3 is 15.0 Å². The lowest BCUT2D eigenvalue weighted by Gasteiger charge is -2.45. The Balaban J connectivity index is 1.79. The third-order valence-corrected chi connectivity index (χ3v) is 5.68. The number of carbonyl (C=O) groups excluding carboxylic acids is 1. The third kappa shape index (κ3) is 4.94. The van der Waals surface area contributed by atoms with E-state index in [9.17, 15) is 4.79 Å². The molecule has 0 spiro atoms. The number of hydrogen-bond acceptors (Lipinski definition) is 5. The van der Waals surface area contributed by atoms with E-state index in [0.29, 0.717) is 6.54 Å². The van der Waals surface area contributed by atoms with Gasteiger partial charge in [-0.15, -0.1) is 11.3 Å². The van der Waals surface area contributed by atoms with Crippen LogP contribution in [0.5, 0.6) is 0 Å². The molecule has 0 saturated carbocycles. The second-order valence-corrected chi connectivity index (χ2v) is 8.62. The molecule has 5 nitrogen and oxygen atoms in total. The van der Waals surface area contributed by atoms with E-state index in [1.54, 1.807) is 0 Å². The lowest BCUT2D eigenvalue weighted by Crippen LogP contribution is -2.51. The van der Waals surface area contributed by atoms with Gasteiger partial charge in [0, 0.05) is 31.1 Å². The molecule has 136 valence electrons. The first-order chi connectivity index (χ1) is 11.2. The summed E-state index contributed by atoms with van der Waals surface area (Å²) in [6.45, 7) is 9.22. The first-order valence-electron chi connectivity index (χ1n) is 8.63. The Bertz CT molecular complexity index is 515. The van der Waals surface area contributed by atoms with E-state index in [2.05, 4.69) is 46.7 Å². The summed E-state index contributed by atoms with van der Waals surface area (Å²) in [6.07, 6.45) is 1.90. The number of hydrogen-bond donors (Lipinski definition) is 1. The number of nitrogens with one attached hydrogen (secondary N) is 1. The normalized spacial score (nSPS) is 18.6. The van der Waals surface area contributed by atoms with Crippen molar-refractivity contribution in [1.29, 1.82) is 0 Å². The molecule has 0 radical (unpaired) electrons. The number of alkyl carbamates (subject to hydrolysis) is 1. The highest BCUT2D eigenvalue weighted by atomic mass is 32.1. The monoisotopic (exact) mass is 353 g/mol. The minimum Gasteiger partial charge on any atom is -0.444 e. The SMILES string of the molecule is CN(C)C1(c2cccs2)CCN(CCNC(=O)OC(C)(C)C)CC1. The fraction of sp³-hybridized carbons (Fsp3) is 0.722. The van der Waals surface area contributed by atoms with Gasteiger partial charge >= 0.3 is 6.09 Å². The number of amides is 1. The molecule has 0 aromatic carbocycles. The van der Waals surface area contributed by atoms with E-state index < -0.39 is 5.60 Å². The Kier molecular flexibility index (Phi) is 6.28. The summed E-state index contributed by atoms with van der Waals surface area (Å²) < 4.78 is 5.27. The van der Waals surface area contributed by atoms with Gasteiger partial charge in [-0.2, -0.15) is 0 Å². The summed E-state index contributed by atoms with van der Waals surface area (Å²) >= 11 is 1.85. The zero-order valence-electron chi connectivity index (χ0n) is 15.6. The van der Waals surface area contributed by atoms with Crippen LogP contribution in [0.4, 0.5) is 4.79 Å². The summed E-state index contributed by atoms with van der Waals surface area (Å²) in [5, 5.41) is 5.01. The maximum absolute atomic E-state index is 11.7. The Labute approximate surface area is 150 Å². The molecule has 2 heterocycles. The maximum atomic E-state index is 11.7. The molecule has 1 saturated heterocycles. The van der Waals surface area contributed by atoms with Crippen LogP contribution in [0.2, 0.25) is 0 Å². The highest BCUT2D eigenvalue weighted by Crippen LogP contribution is 2.39. The molecule has 1 aromatic heterocycles. The molecule has 1 fully saturated rings. The smallest absolute Gasteiger partial charge is 0.407 e. The lowest BCUT2D eigenvalue weighted by atomic mass is 9.84. The van der Waals surface area contributed by atoms with Gasteiger partial charge in [0.1, 0.15) is 5.60 Å². The van der Waals surface area contributed by atoms with Gasteiger partial charge in [0.15, 0.2) is 0 Å².